The normalized spacial score (nSPS) is 16.4. The highest BCUT2D eigenvalue weighted by Crippen LogP contribution is 2.41. The number of fused-ring (bicyclic) bond motifs is 1. The van der Waals surface area contributed by atoms with E-state index in [2.05, 4.69) is 25.9 Å². The van der Waals surface area contributed by atoms with Gasteiger partial charge < -0.3 is 9.83 Å². The molecule has 0 radical (unpaired) electrons. The van der Waals surface area contributed by atoms with Crippen molar-refractivity contribution in [1.82, 2.24) is 23.8 Å². The molecule has 0 saturated carbocycles. The van der Waals surface area contributed by atoms with Crippen LogP contribution in [0.1, 0.15) is 13.3 Å². The van der Waals surface area contributed by atoms with Crippen LogP contribution in [0.2, 0.25) is 0 Å². The van der Waals surface area contributed by atoms with Crippen LogP contribution in [0.3, 0.4) is 0 Å². The molecular weight excluding hydrogens is 378 g/mol. The molecule has 10 heteroatoms. The van der Waals surface area contributed by atoms with Gasteiger partial charge in [-0.15, -0.1) is 0 Å². The van der Waals surface area contributed by atoms with Crippen molar-refractivity contribution in [3.05, 3.63) is 42.3 Å². The number of aromatic amines is 1. The average Bonchev–Trinajstić information content (AvgIpc) is 3.30. The molecule has 142 valence electrons. The first-order valence-corrected chi connectivity index (χ1v) is 10.3. The molecule has 3 aromatic heterocycles. The summed E-state index contributed by atoms with van der Waals surface area (Å²) in [5.74, 6) is 0.357. The maximum Gasteiger partial charge on any atom is 0.231 e. The molecule has 0 amide bonds. The smallest absolute Gasteiger partial charge is 0.231 e. The minimum atomic E-state index is -3.34. The van der Waals surface area contributed by atoms with Crippen LogP contribution >= 0.6 is 0 Å². The van der Waals surface area contributed by atoms with Crippen molar-refractivity contribution >= 4 is 26.9 Å². The third kappa shape index (κ3) is 2.66. The summed E-state index contributed by atoms with van der Waals surface area (Å²) in [6.45, 7) is 9.51. The first-order valence-electron chi connectivity index (χ1n) is 8.67. The molecule has 0 aliphatic carbocycles. The molecule has 0 spiro atoms. The fraction of sp³-hybridized carbons (Fsp3) is 0.333. The lowest BCUT2D eigenvalue weighted by Crippen LogP contribution is -2.63. The van der Waals surface area contributed by atoms with Gasteiger partial charge in [0.25, 0.3) is 0 Å². The Kier molecular flexibility index (Phi) is 4.18. The molecule has 3 aromatic rings. The molecule has 1 aliphatic rings. The van der Waals surface area contributed by atoms with Gasteiger partial charge >= 0.3 is 0 Å². The van der Waals surface area contributed by atoms with Gasteiger partial charge in [-0.1, -0.05) is 6.57 Å². The van der Waals surface area contributed by atoms with Crippen LogP contribution in [-0.2, 0) is 15.6 Å². The Hall–Kier alpha value is -3.21. The van der Waals surface area contributed by atoms with Crippen molar-refractivity contribution in [1.29, 1.82) is 5.26 Å². The van der Waals surface area contributed by atoms with Gasteiger partial charge in [-0.2, -0.15) is 9.57 Å². The van der Waals surface area contributed by atoms with E-state index in [0.29, 0.717) is 17.2 Å². The Balaban J connectivity index is 1.79. The summed E-state index contributed by atoms with van der Waals surface area (Å²) in [5, 5.41) is 10.2. The van der Waals surface area contributed by atoms with Crippen LogP contribution < -0.4 is 0 Å². The van der Waals surface area contributed by atoms with E-state index >= 15 is 0 Å². The van der Waals surface area contributed by atoms with Crippen LogP contribution in [0.25, 0.3) is 27.1 Å². The number of sulfonamides is 1. The third-order valence-electron chi connectivity index (χ3n) is 5.16. The highest BCUT2D eigenvalue weighted by molar-refractivity contribution is 7.89. The van der Waals surface area contributed by atoms with Crippen LogP contribution in [0.5, 0.6) is 0 Å². The molecule has 0 atom stereocenters. The predicted molar refractivity (Wildman–Crippen MR) is 103 cm³/mol. The summed E-state index contributed by atoms with van der Waals surface area (Å²) in [4.78, 5) is 15.2. The third-order valence-corrected chi connectivity index (χ3v) is 6.93. The first-order chi connectivity index (χ1) is 13.4. The topological polar surface area (TPSA) is 112 Å². The molecule has 4 heterocycles. The second-order valence-electron chi connectivity index (χ2n) is 6.76. The minimum Gasteiger partial charge on any atom is -0.364 e. The van der Waals surface area contributed by atoms with Crippen LogP contribution in [0.4, 0.5) is 5.82 Å². The van der Waals surface area contributed by atoms with Crippen LogP contribution in [0.15, 0.2) is 30.9 Å². The number of nitrogens with zero attached hydrogens (tertiary/aromatic N) is 6. The van der Waals surface area contributed by atoms with E-state index in [1.807, 2.05) is 6.07 Å². The average molecular weight is 395 g/mol. The van der Waals surface area contributed by atoms with Gasteiger partial charge in [0.1, 0.15) is 17.5 Å². The Morgan fingerprint density at radius 1 is 1.43 bits per heavy atom. The van der Waals surface area contributed by atoms with Gasteiger partial charge in [-0.05, 0) is 19.1 Å². The lowest BCUT2D eigenvalue weighted by atomic mass is 9.88. The molecular formula is C18H17N7O2S. The van der Waals surface area contributed by atoms with E-state index < -0.39 is 15.6 Å². The second kappa shape index (κ2) is 6.44. The van der Waals surface area contributed by atoms with Crippen molar-refractivity contribution in [2.24, 2.45) is 0 Å². The highest BCUT2D eigenvalue weighted by Gasteiger charge is 2.52. The summed E-state index contributed by atoms with van der Waals surface area (Å²) in [6, 6.07) is 5.73. The Bertz CT molecular complexity index is 1240. The number of hydrogen-bond donors (Lipinski definition) is 1. The fourth-order valence-electron chi connectivity index (χ4n) is 3.64. The minimum absolute atomic E-state index is 0.00858. The van der Waals surface area contributed by atoms with Crippen LogP contribution in [0, 0.1) is 17.9 Å². The van der Waals surface area contributed by atoms with E-state index in [9.17, 15) is 13.7 Å². The number of H-pyrrole nitrogens is 1. The zero-order valence-corrected chi connectivity index (χ0v) is 15.9. The number of rotatable bonds is 5. The van der Waals surface area contributed by atoms with Gasteiger partial charge in [-0.25, -0.2) is 18.4 Å². The van der Waals surface area contributed by atoms with Gasteiger partial charge in [0.2, 0.25) is 15.8 Å². The maximum atomic E-state index is 12.2. The van der Waals surface area contributed by atoms with E-state index in [4.69, 9.17) is 6.57 Å². The monoisotopic (exact) mass is 395 g/mol. The van der Waals surface area contributed by atoms with E-state index in [0.717, 1.165) is 10.9 Å². The molecule has 1 saturated heterocycles. The standard InChI is InChI=1S/C18H17N7O2S/c1-3-28(26,27)24-10-18(11-24,5-6-19)25-9-13(8-15(25)20-2)16-14-4-7-21-17(14)23-12-22-16/h4,7-9,12H,3,5,10-11H2,1H3,(H,21,22,23). The summed E-state index contributed by atoms with van der Waals surface area (Å²) in [5.41, 5.74) is 1.35. The maximum absolute atomic E-state index is 12.2. The summed E-state index contributed by atoms with van der Waals surface area (Å²) in [7, 11) is -3.34. The number of aromatic nitrogens is 4. The molecule has 4 rings (SSSR count). The predicted octanol–water partition coefficient (Wildman–Crippen LogP) is 2.25. The van der Waals surface area contributed by atoms with Gasteiger partial charge in [-0.3, -0.25) is 4.57 Å². The molecule has 1 fully saturated rings. The second-order valence-corrected chi connectivity index (χ2v) is 9.02. The van der Waals surface area contributed by atoms with Gasteiger partial charge in [0.15, 0.2) is 0 Å². The zero-order valence-electron chi connectivity index (χ0n) is 15.1. The number of hydrogen-bond acceptors (Lipinski definition) is 5. The molecule has 9 nitrogen and oxygen atoms in total. The van der Waals surface area contributed by atoms with Crippen molar-refractivity contribution in [3.63, 3.8) is 0 Å². The summed E-state index contributed by atoms with van der Waals surface area (Å²) < 4.78 is 27.4. The Labute approximate surface area is 162 Å². The quantitative estimate of drug-likeness (QED) is 0.666. The lowest BCUT2D eigenvalue weighted by molar-refractivity contribution is 0.0875. The number of nitrogens with one attached hydrogen (secondary N) is 1. The van der Waals surface area contributed by atoms with Crippen molar-refractivity contribution in [2.75, 3.05) is 18.8 Å². The van der Waals surface area contributed by atoms with Crippen molar-refractivity contribution < 1.29 is 8.42 Å². The first kappa shape index (κ1) is 18.2. The van der Waals surface area contributed by atoms with Gasteiger partial charge in [0.05, 0.1) is 43.2 Å². The molecule has 0 aromatic carbocycles. The Morgan fingerprint density at radius 3 is 2.89 bits per heavy atom. The van der Waals surface area contributed by atoms with E-state index in [-0.39, 0.29) is 25.3 Å². The zero-order chi connectivity index (χ0) is 19.9. The Morgan fingerprint density at radius 2 is 2.21 bits per heavy atom. The molecule has 1 aliphatic heterocycles. The summed E-state index contributed by atoms with van der Waals surface area (Å²) in [6.07, 6.45) is 5.12. The largest absolute Gasteiger partial charge is 0.364 e. The molecule has 0 bridgehead atoms. The van der Waals surface area contributed by atoms with Crippen LogP contribution in [-0.4, -0.2) is 51.1 Å². The van der Waals surface area contributed by atoms with Gasteiger partial charge in [0, 0.05) is 17.1 Å². The SMILES string of the molecule is [C-]#[N+]c1cc(-c2ncnc3[nH]ccc23)cn1C1(CC#N)CN(S(=O)(=O)CC)C1. The molecule has 1 N–H and O–H groups in total. The van der Waals surface area contributed by atoms with Crippen molar-refractivity contribution in [3.8, 4) is 17.3 Å². The fourth-order valence-corrected chi connectivity index (χ4v) is 4.87. The van der Waals surface area contributed by atoms with Crippen molar-refractivity contribution in [2.45, 2.75) is 18.9 Å². The molecule has 28 heavy (non-hydrogen) atoms. The van der Waals surface area contributed by atoms with E-state index in [1.165, 1.54) is 10.6 Å². The molecule has 0 unspecified atom stereocenters. The highest BCUT2D eigenvalue weighted by atomic mass is 32.2. The summed E-state index contributed by atoms with van der Waals surface area (Å²) >= 11 is 0. The number of nitriles is 1. The van der Waals surface area contributed by atoms with E-state index in [1.54, 1.807) is 30.0 Å². The lowest BCUT2D eigenvalue weighted by Gasteiger charge is -2.46.